The summed E-state index contributed by atoms with van der Waals surface area (Å²) in [6.45, 7) is 0.332. The molecule has 1 aliphatic carbocycles. The molecule has 0 saturated heterocycles. The third-order valence-electron chi connectivity index (χ3n) is 8.76. The van der Waals surface area contributed by atoms with Crippen molar-refractivity contribution >= 4 is 33.5 Å². The van der Waals surface area contributed by atoms with Crippen molar-refractivity contribution in [2.75, 3.05) is 26.4 Å². The van der Waals surface area contributed by atoms with Gasteiger partial charge in [0.25, 0.3) is 0 Å². The van der Waals surface area contributed by atoms with E-state index in [1.807, 2.05) is 30.3 Å². The largest absolute Gasteiger partial charge is 0.491 e. The number of benzene rings is 6. The van der Waals surface area contributed by atoms with Gasteiger partial charge in [0.1, 0.15) is 31.3 Å². The minimum Gasteiger partial charge on any atom is -0.491 e. The van der Waals surface area contributed by atoms with Crippen LogP contribution >= 0.6 is 0 Å². The Bertz CT molecular complexity index is 2150. The van der Waals surface area contributed by atoms with Gasteiger partial charge in [-0.05, 0) is 91.3 Å². The molecule has 0 amide bonds. The molecule has 7 heteroatoms. The summed E-state index contributed by atoms with van der Waals surface area (Å²) in [4.78, 5) is 22.2. The van der Waals surface area contributed by atoms with Crippen molar-refractivity contribution in [1.82, 2.24) is 0 Å². The number of hydrogen-bond acceptors (Lipinski definition) is 6. The molecular weight excluding hydrogens is 604 g/mol. The van der Waals surface area contributed by atoms with Crippen LogP contribution in [0.5, 0.6) is 11.5 Å². The number of carboxylic acids is 1. The number of rotatable bonds is 11. The van der Waals surface area contributed by atoms with Crippen molar-refractivity contribution in [1.29, 1.82) is 0 Å². The van der Waals surface area contributed by atoms with E-state index < -0.39 is 17.4 Å². The van der Waals surface area contributed by atoms with Crippen molar-refractivity contribution in [3.63, 3.8) is 0 Å². The number of esters is 1. The van der Waals surface area contributed by atoms with Crippen molar-refractivity contribution in [3.05, 3.63) is 156 Å². The number of aliphatic carboxylic acids is 1. The lowest BCUT2D eigenvalue weighted by Gasteiger charge is -2.34. The van der Waals surface area contributed by atoms with Gasteiger partial charge in [0.05, 0.1) is 12.0 Å². The normalized spacial score (nSPS) is 12.9. The molecule has 6 aromatic rings. The molecule has 6 aromatic carbocycles. The van der Waals surface area contributed by atoms with Crippen LogP contribution < -0.4 is 9.47 Å². The fourth-order valence-electron chi connectivity index (χ4n) is 6.77. The SMILES string of the molecule is O=C(O)C=CC(=O)OCCOc1ccc2cc(C3(c4ccc5cc(OCCO)ccc5c4)c4ccccc4-c4ccccc43)ccc2c1. The molecule has 0 aliphatic heterocycles. The molecule has 0 unspecified atom stereocenters. The maximum atomic E-state index is 11.6. The first-order valence-corrected chi connectivity index (χ1v) is 15.7. The van der Waals surface area contributed by atoms with Crippen LogP contribution in [0.4, 0.5) is 0 Å². The molecule has 0 bridgehead atoms. The number of fused-ring (bicyclic) bond motifs is 5. The van der Waals surface area contributed by atoms with E-state index in [1.165, 1.54) is 22.3 Å². The number of ether oxygens (including phenoxy) is 3. The van der Waals surface area contributed by atoms with Gasteiger partial charge in [0.2, 0.25) is 0 Å². The first-order valence-electron chi connectivity index (χ1n) is 15.7. The zero-order valence-corrected chi connectivity index (χ0v) is 26.0. The lowest BCUT2D eigenvalue weighted by molar-refractivity contribution is -0.139. The fraction of sp³-hybridized carbons (Fsp3) is 0.122. The summed E-state index contributed by atoms with van der Waals surface area (Å²) < 4.78 is 16.5. The number of carbonyl (C=O) groups is 2. The number of hydrogen-bond donors (Lipinski definition) is 2. The predicted octanol–water partition coefficient (Wildman–Crippen LogP) is 7.29. The third kappa shape index (κ3) is 5.65. The number of aliphatic hydroxyl groups is 1. The molecule has 48 heavy (non-hydrogen) atoms. The van der Waals surface area contributed by atoms with Crippen LogP contribution in [0.25, 0.3) is 32.7 Å². The minimum absolute atomic E-state index is 0.0101. The molecule has 0 spiro atoms. The van der Waals surface area contributed by atoms with E-state index in [9.17, 15) is 14.7 Å². The van der Waals surface area contributed by atoms with Crippen LogP contribution in [0, 0.1) is 0 Å². The Labute approximate surface area is 277 Å². The molecular formula is C41H32O7. The molecule has 2 N–H and O–H groups in total. The highest BCUT2D eigenvalue weighted by atomic mass is 16.6. The maximum absolute atomic E-state index is 11.6. The summed E-state index contributed by atoms with van der Waals surface area (Å²) in [6, 6.07) is 42.4. The molecule has 0 radical (unpaired) electrons. The minimum atomic E-state index is -1.22. The maximum Gasteiger partial charge on any atom is 0.331 e. The van der Waals surface area contributed by atoms with E-state index >= 15 is 0 Å². The van der Waals surface area contributed by atoms with E-state index in [2.05, 4.69) is 91.0 Å². The Morgan fingerprint density at radius 1 is 0.583 bits per heavy atom. The van der Waals surface area contributed by atoms with E-state index in [-0.39, 0.29) is 26.4 Å². The second-order valence-electron chi connectivity index (χ2n) is 11.5. The average molecular weight is 637 g/mol. The summed E-state index contributed by atoms with van der Waals surface area (Å²) in [7, 11) is 0. The van der Waals surface area contributed by atoms with Gasteiger partial charge in [0, 0.05) is 12.2 Å². The number of carboxylic acid groups (broad SMARTS) is 1. The monoisotopic (exact) mass is 636 g/mol. The van der Waals surface area contributed by atoms with Gasteiger partial charge >= 0.3 is 11.9 Å². The number of aliphatic hydroxyl groups excluding tert-OH is 1. The van der Waals surface area contributed by atoms with Gasteiger partial charge in [-0.3, -0.25) is 0 Å². The Balaban J connectivity index is 1.27. The fourth-order valence-corrected chi connectivity index (χ4v) is 6.77. The van der Waals surface area contributed by atoms with Crippen LogP contribution in [0.15, 0.2) is 133 Å². The van der Waals surface area contributed by atoms with Crippen LogP contribution in [-0.4, -0.2) is 48.6 Å². The van der Waals surface area contributed by atoms with Gasteiger partial charge in [-0.1, -0.05) is 84.9 Å². The van der Waals surface area contributed by atoms with Crippen molar-refractivity contribution in [3.8, 4) is 22.6 Å². The first-order chi connectivity index (χ1) is 23.5. The summed E-state index contributed by atoms with van der Waals surface area (Å²) in [5.41, 5.74) is 6.59. The van der Waals surface area contributed by atoms with E-state index in [0.717, 1.165) is 50.6 Å². The summed E-state index contributed by atoms with van der Waals surface area (Å²) in [5, 5.41) is 22.1. The van der Waals surface area contributed by atoms with Gasteiger partial charge < -0.3 is 24.4 Å². The van der Waals surface area contributed by atoms with E-state index in [4.69, 9.17) is 19.3 Å². The smallest absolute Gasteiger partial charge is 0.331 e. The van der Waals surface area contributed by atoms with Gasteiger partial charge in [0.15, 0.2) is 0 Å². The third-order valence-corrected chi connectivity index (χ3v) is 8.76. The molecule has 0 heterocycles. The van der Waals surface area contributed by atoms with Crippen molar-refractivity contribution < 1.29 is 34.0 Å². The Morgan fingerprint density at radius 3 is 1.62 bits per heavy atom. The average Bonchev–Trinajstić information content (AvgIpc) is 3.42. The molecule has 0 atom stereocenters. The summed E-state index contributed by atoms with van der Waals surface area (Å²) in [6.07, 6.45) is 1.60. The standard InChI is InChI=1S/C41H32O7/c42-19-20-46-33-15-11-27-23-31(13-9-29(27)25-33)41(37-7-3-1-5-35(37)36-6-2-4-8-38(36)41)32-14-10-30-26-34(16-12-28(30)24-32)47-21-22-48-40(45)18-17-39(43)44/h1-18,23-26,42H,19-22H2,(H,43,44). The van der Waals surface area contributed by atoms with Crippen LogP contribution in [0.2, 0.25) is 0 Å². The lowest BCUT2D eigenvalue weighted by Crippen LogP contribution is -2.28. The highest BCUT2D eigenvalue weighted by Gasteiger charge is 2.46. The Morgan fingerprint density at radius 2 is 1.08 bits per heavy atom. The van der Waals surface area contributed by atoms with Gasteiger partial charge in [-0.15, -0.1) is 0 Å². The number of carbonyl (C=O) groups excluding carboxylic acids is 1. The van der Waals surface area contributed by atoms with E-state index in [0.29, 0.717) is 5.75 Å². The topological polar surface area (TPSA) is 102 Å². The summed E-state index contributed by atoms with van der Waals surface area (Å²) in [5.74, 6) is -0.593. The highest BCUT2D eigenvalue weighted by Crippen LogP contribution is 2.56. The lowest BCUT2D eigenvalue weighted by atomic mass is 9.67. The Kier molecular flexibility index (Phi) is 8.36. The summed E-state index contributed by atoms with van der Waals surface area (Å²) >= 11 is 0. The van der Waals surface area contributed by atoms with Crippen molar-refractivity contribution in [2.45, 2.75) is 5.41 Å². The molecule has 0 saturated carbocycles. The highest BCUT2D eigenvalue weighted by molar-refractivity contribution is 5.92. The zero-order chi connectivity index (χ0) is 33.1. The zero-order valence-electron chi connectivity index (χ0n) is 26.0. The second kappa shape index (κ2) is 13.1. The Hall–Kier alpha value is -5.92. The van der Waals surface area contributed by atoms with Crippen LogP contribution in [0.3, 0.4) is 0 Å². The molecule has 0 aromatic heterocycles. The quantitative estimate of drug-likeness (QED) is 0.0874. The van der Waals surface area contributed by atoms with Gasteiger partial charge in [-0.2, -0.15) is 0 Å². The van der Waals surface area contributed by atoms with Gasteiger partial charge in [-0.25, -0.2) is 9.59 Å². The van der Waals surface area contributed by atoms with E-state index in [1.54, 1.807) is 0 Å². The molecule has 7 rings (SSSR count). The molecule has 238 valence electrons. The molecule has 7 nitrogen and oxygen atoms in total. The predicted molar refractivity (Wildman–Crippen MR) is 185 cm³/mol. The van der Waals surface area contributed by atoms with Crippen molar-refractivity contribution in [2.24, 2.45) is 0 Å². The molecule has 0 fully saturated rings. The molecule has 1 aliphatic rings. The van der Waals surface area contributed by atoms with Crippen LogP contribution in [0.1, 0.15) is 22.3 Å². The first kappa shape index (κ1) is 30.7. The second-order valence-corrected chi connectivity index (χ2v) is 11.5. The van der Waals surface area contributed by atoms with Crippen LogP contribution in [-0.2, 0) is 19.7 Å².